The first-order chi connectivity index (χ1) is 10.1. The van der Waals surface area contributed by atoms with Crippen LogP contribution >= 0.6 is 22.6 Å². The fourth-order valence-corrected chi connectivity index (χ4v) is 4.38. The highest BCUT2D eigenvalue weighted by Gasteiger charge is 2.18. The van der Waals surface area contributed by atoms with Crippen molar-refractivity contribution in [2.24, 2.45) is 0 Å². The number of anilines is 1. The van der Waals surface area contributed by atoms with Crippen molar-refractivity contribution < 1.29 is 16.8 Å². The molecule has 1 N–H and O–H groups in total. The maximum Gasteiger partial charge on any atom is 0.261 e. The molecular formula is C14H14INO4S2. The molecule has 0 spiro atoms. The first-order valence-electron chi connectivity index (χ1n) is 6.19. The number of sulfone groups is 1. The molecule has 0 aromatic heterocycles. The lowest BCUT2D eigenvalue weighted by Crippen LogP contribution is -2.14. The van der Waals surface area contributed by atoms with Crippen LogP contribution in [0.3, 0.4) is 0 Å². The van der Waals surface area contributed by atoms with E-state index in [4.69, 9.17) is 0 Å². The molecule has 0 saturated heterocycles. The molecule has 0 aliphatic carbocycles. The van der Waals surface area contributed by atoms with Gasteiger partial charge in [0.15, 0.2) is 9.84 Å². The zero-order valence-electron chi connectivity index (χ0n) is 11.9. The lowest BCUT2D eigenvalue weighted by atomic mass is 10.2. The molecule has 2 aromatic carbocycles. The highest BCUT2D eigenvalue weighted by Crippen LogP contribution is 2.23. The molecular weight excluding hydrogens is 437 g/mol. The van der Waals surface area contributed by atoms with E-state index in [1.54, 1.807) is 19.1 Å². The number of aryl methyl sites for hydroxylation is 1. The second-order valence-corrected chi connectivity index (χ2v) is 9.76. The molecule has 0 aliphatic rings. The number of sulfonamides is 1. The van der Waals surface area contributed by atoms with Crippen LogP contribution in [0.2, 0.25) is 0 Å². The van der Waals surface area contributed by atoms with E-state index in [2.05, 4.69) is 27.3 Å². The van der Waals surface area contributed by atoms with Gasteiger partial charge in [-0.25, -0.2) is 16.8 Å². The molecule has 5 nitrogen and oxygen atoms in total. The van der Waals surface area contributed by atoms with E-state index in [1.807, 2.05) is 6.07 Å². The van der Waals surface area contributed by atoms with Gasteiger partial charge in [-0.2, -0.15) is 0 Å². The van der Waals surface area contributed by atoms with Crippen LogP contribution < -0.4 is 4.72 Å². The van der Waals surface area contributed by atoms with Crippen molar-refractivity contribution in [2.75, 3.05) is 11.0 Å². The van der Waals surface area contributed by atoms with Gasteiger partial charge in [-0.1, -0.05) is 6.07 Å². The normalized spacial score (nSPS) is 12.1. The molecule has 22 heavy (non-hydrogen) atoms. The van der Waals surface area contributed by atoms with Gasteiger partial charge in [0.05, 0.1) is 15.5 Å². The molecule has 0 amide bonds. The van der Waals surface area contributed by atoms with Gasteiger partial charge in [0.25, 0.3) is 10.0 Å². The Kier molecular flexibility index (Phi) is 4.83. The first kappa shape index (κ1) is 17.2. The van der Waals surface area contributed by atoms with Gasteiger partial charge >= 0.3 is 0 Å². The Morgan fingerprint density at radius 1 is 0.955 bits per heavy atom. The van der Waals surface area contributed by atoms with Crippen LogP contribution in [-0.4, -0.2) is 23.1 Å². The van der Waals surface area contributed by atoms with Gasteiger partial charge in [0, 0.05) is 9.83 Å². The second-order valence-electron chi connectivity index (χ2n) is 4.81. The Hall–Kier alpha value is -1.13. The lowest BCUT2D eigenvalue weighted by Gasteiger charge is -2.11. The van der Waals surface area contributed by atoms with E-state index in [0.29, 0.717) is 5.69 Å². The highest BCUT2D eigenvalue weighted by molar-refractivity contribution is 14.1. The Morgan fingerprint density at radius 3 is 2.18 bits per heavy atom. The maximum absolute atomic E-state index is 12.4. The van der Waals surface area contributed by atoms with E-state index in [9.17, 15) is 16.8 Å². The smallest absolute Gasteiger partial charge is 0.261 e. The van der Waals surface area contributed by atoms with Gasteiger partial charge in [-0.15, -0.1) is 0 Å². The van der Waals surface area contributed by atoms with Crippen molar-refractivity contribution in [2.45, 2.75) is 16.7 Å². The molecule has 0 atom stereocenters. The fraction of sp³-hybridized carbons (Fsp3) is 0.143. The van der Waals surface area contributed by atoms with Crippen molar-refractivity contribution in [1.82, 2.24) is 0 Å². The molecule has 0 saturated carbocycles. The Balaban J connectivity index is 2.43. The van der Waals surface area contributed by atoms with Crippen molar-refractivity contribution in [1.29, 1.82) is 0 Å². The minimum absolute atomic E-state index is 0.0327. The summed E-state index contributed by atoms with van der Waals surface area (Å²) in [7, 11) is -7.31. The van der Waals surface area contributed by atoms with E-state index >= 15 is 0 Å². The Bertz CT molecular complexity index is 922. The molecule has 0 radical (unpaired) electrons. The van der Waals surface area contributed by atoms with Gasteiger partial charge in [0.1, 0.15) is 0 Å². The van der Waals surface area contributed by atoms with Crippen molar-refractivity contribution in [3.63, 3.8) is 0 Å². The number of benzene rings is 2. The van der Waals surface area contributed by atoms with Crippen LogP contribution in [0.25, 0.3) is 0 Å². The van der Waals surface area contributed by atoms with Crippen LogP contribution in [0.4, 0.5) is 5.69 Å². The summed E-state index contributed by atoms with van der Waals surface area (Å²) < 4.78 is 51.4. The second kappa shape index (κ2) is 6.17. The Morgan fingerprint density at radius 2 is 1.59 bits per heavy atom. The summed E-state index contributed by atoms with van der Waals surface area (Å²) in [4.78, 5) is -0.122. The third kappa shape index (κ3) is 3.99. The topological polar surface area (TPSA) is 80.3 Å². The summed E-state index contributed by atoms with van der Waals surface area (Å²) in [6, 6.07) is 10.6. The Labute approximate surface area is 143 Å². The number of hydrogen-bond donors (Lipinski definition) is 1. The summed E-state index contributed by atoms with van der Waals surface area (Å²) >= 11 is 2.14. The number of rotatable bonds is 4. The zero-order chi connectivity index (χ0) is 16.5. The number of nitrogens with one attached hydrogen (secondary N) is 1. The predicted octanol–water partition coefficient (Wildman–Crippen LogP) is 2.80. The van der Waals surface area contributed by atoms with Crippen LogP contribution in [0.5, 0.6) is 0 Å². The first-order valence-corrected chi connectivity index (χ1v) is 10.6. The van der Waals surface area contributed by atoms with Crippen molar-refractivity contribution >= 4 is 48.1 Å². The highest BCUT2D eigenvalue weighted by atomic mass is 127. The minimum Gasteiger partial charge on any atom is -0.279 e. The monoisotopic (exact) mass is 451 g/mol. The summed E-state index contributed by atoms with van der Waals surface area (Å²) in [5.41, 5.74) is 1.25. The van der Waals surface area contributed by atoms with E-state index in [1.165, 1.54) is 18.2 Å². The van der Waals surface area contributed by atoms with Gasteiger partial charge in [0.2, 0.25) is 0 Å². The fourth-order valence-electron chi connectivity index (χ4n) is 1.82. The summed E-state index contributed by atoms with van der Waals surface area (Å²) in [5.74, 6) is 0. The van der Waals surface area contributed by atoms with Crippen molar-refractivity contribution in [3.8, 4) is 0 Å². The van der Waals surface area contributed by atoms with Gasteiger partial charge < -0.3 is 0 Å². The van der Waals surface area contributed by atoms with E-state index in [0.717, 1.165) is 21.5 Å². The molecule has 8 heteroatoms. The average Bonchev–Trinajstić information content (AvgIpc) is 2.41. The van der Waals surface area contributed by atoms with Crippen LogP contribution in [0, 0.1) is 10.5 Å². The molecule has 0 unspecified atom stereocenters. The maximum atomic E-state index is 12.4. The van der Waals surface area contributed by atoms with Gasteiger partial charge in [-0.05, 0) is 71.5 Å². The molecule has 2 rings (SSSR count). The number of halogens is 1. The minimum atomic E-state index is -3.85. The van der Waals surface area contributed by atoms with E-state index in [-0.39, 0.29) is 9.79 Å². The van der Waals surface area contributed by atoms with Crippen LogP contribution in [0.15, 0.2) is 52.3 Å². The molecule has 0 fully saturated rings. The molecule has 118 valence electrons. The third-order valence-electron chi connectivity index (χ3n) is 2.98. The van der Waals surface area contributed by atoms with E-state index < -0.39 is 19.9 Å². The largest absolute Gasteiger partial charge is 0.279 e. The molecule has 2 aromatic rings. The molecule has 0 heterocycles. The van der Waals surface area contributed by atoms with Crippen LogP contribution in [-0.2, 0) is 19.9 Å². The van der Waals surface area contributed by atoms with Crippen LogP contribution in [0.1, 0.15) is 5.56 Å². The van der Waals surface area contributed by atoms with Crippen molar-refractivity contribution in [3.05, 3.63) is 51.6 Å². The number of hydrogen-bond acceptors (Lipinski definition) is 4. The standard InChI is InChI=1S/C14H14INO4S2/c1-10-8-11(15)6-7-14(10)16-22(19,20)13-5-3-4-12(9-13)21(2,17)18/h3-9,16H,1-2H3. The summed E-state index contributed by atoms with van der Waals surface area (Å²) in [6.45, 7) is 1.80. The SMILES string of the molecule is Cc1cc(I)ccc1NS(=O)(=O)c1cccc(S(C)(=O)=O)c1. The summed E-state index contributed by atoms with van der Waals surface area (Å²) in [5, 5.41) is 0. The zero-order valence-corrected chi connectivity index (χ0v) is 15.7. The molecule has 0 aliphatic heterocycles. The third-order valence-corrected chi connectivity index (χ3v) is 6.12. The predicted molar refractivity (Wildman–Crippen MR) is 94.3 cm³/mol. The quantitative estimate of drug-likeness (QED) is 0.726. The van der Waals surface area contributed by atoms with Gasteiger partial charge in [-0.3, -0.25) is 4.72 Å². The average molecular weight is 451 g/mol. The molecule has 0 bridgehead atoms. The summed E-state index contributed by atoms with van der Waals surface area (Å²) in [6.07, 6.45) is 1.04. The lowest BCUT2D eigenvalue weighted by molar-refractivity contribution is 0.599.